The number of amides is 3. The van der Waals surface area contributed by atoms with Crippen molar-refractivity contribution in [1.29, 1.82) is 0 Å². The Hall–Kier alpha value is -3.90. The number of para-hydroxylation sites is 1. The number of hydrogen-bond donors (Lipinski definition) is 2. The predicted molar refractivity (Wildman–Crippen MR) is 135 cm³/mol. The first-order chi connectivity index (χ1) is 16.3. The lowest BCUT2D eigenvalue weighted by Crippen LogP contribution is -2.32. The maximum absolute atomic E-state index is 13.1. The van der Waals surface area contributed by atoms with Gasteiger partial charge in [-0.05, 0) is 73.4 Å². The summed E-state index contributed by atoms with van der Waals surface area (Å²) in [6.45, 7) is 5.81. The molecule has 34 heavy (non-hydrogen) atoms. The second-order valence-electron chi connectivity index (χ2n) is 8.15. The average Bonchev–Trinajstić information content (AvgIpc) is 3.02. The maximum Gasteiger partial charge on any atom is 0.283 e. The van der Waals surface area contributed by atoms with Gasteiger partial charge in [-0.2, -0.15) is 0 Å². The number of carbonyl (C=O) groups excluding carboxylic acids is 3. The standard InChI is InChI=1S/C27H24ClN3O3/c1-4-18-8-5-6-11-22(18)30-25(32)19-9-7-10-20(15-19)29-24-23(28)26(33)31(27(24)34)21-13-16(2)12-17(3)14-21/h5-15,29H,4H2,1-3H3,(H,30,32). The summed E-state index contributed by atoms with van der Waals surface area (Å²) < 4.78 is 0. The van der Waals surface area contributed by atoms with E-state index in [1.807, 2.05) is 51.1 Å². The summed E-state index contributed by atoms with van der Waals surface area (Å²) in [5.74, 6) is -1.42. The number of imide groups is 1. The first-order valence-corrected chi connectivity index (χ1v) is 11.3. The van der Waals surface area contributed by atoms with Crippen molar-refractivity contribution < 1.29 is 14.4 Å². The second-order valence-corrected chi connectivity index (χ2v) is 8.53. The molecule has 0 atom stereocenters. The summed E-state index contributed by atoms with van der Waals surface area (Å²) in [5, 5.41) is 5.67. The van der Waals surface area contributed by atoms with Crippen LogP contribution in [0.2, 0.25) is 0 Å². The molecule has 0 radical (unpaired) electrons. The molecule has 0 spiro atoms. The van der Waals surface area contributed by atoms with E-state index in [-0.39, 0.29) is 16.6 Å². The van der Waals surface area contributed by atoms with Gasteiger partial charge in [-0.3, -0.25) is 14.4 Å². The van der Waals surface area contributed by atoms with Crippen LogP contribution in [-0.2, 0) is 16.0 Å². The van der Waals surface area contributed by atoms with Crippen LogP contribution in [0.3, 0.4) is 0 Å². The molecule has 0 saturated heterocycles. The molecule has 172 valence electrons. The van der Waals surface area contributed by atoms with Gasteiger partial charge in [0, 0.05) is 16.9 Å². The van der Waals surface area contributed by atoms with Crippen molar-refractivity contribution >= 4 is 46.4 Å². The van der Waals surface area contributed by atoms with Crippen molar-refractivity contribution in [3.63, 3.8) is 0 Å². The van der Waals surface area contributed by atoms with Gasteiger partial charge in [0.15, 0.2) is 0 Å². The van der Waals surface area contributed by atoms with Crippen molar-refractivity contribution in [2.24, 2.45) is 0 Å². The third kappa shape index (κ3) is 4.58. The van der Waals surface area contributed by atoms with Crippen LogP contribution in [0.25, 0.3) is 0 Å². The zero-order chi connectivity index (χ0) is 24.4. The largest absolute Gasteiger partial charge is 0.350 e. The lowest BCUT2D eigenvalue weighted by atomic mass is 10.1. The first kappa shape index (κ1) is 23.3. The monoisotopic (exact) mass is 473 g/mol. The predicted octanol–water partition coefficient (Wildman–Crippen LogP) is 5.55. The minimum absolute atomic E-state index is 0.0280. The topological polar surface area (TPSA) is 78.5 Å². The number of anilines is 3. The molecule has 0 unspecified atom stereocenters. The second kappa shape index (κ2) is 9.53. The first-order valence-electron chi connectivity index (χ1n) is 10.9. The number of halogens is 1. The van der Waals surface area contributed by atoms with Crippen LogP contribution < -0.4 is 15.5 Å². The van der Waals surface area contributed by atoms with E-state index in [9.17, 15) is 14.4 Å². The molecular weight excluding hydrogens is 450 g/mol. The molecule has 3 amide bonds. The third-order valence-electron chi connectivity index (χ3n) is 5.53. The summed E-state index contributed by atoms with van der Waals surface area (Å²) in [5.41, 5.74) is 4.94. The molecule has 0 saturated carbocycles. The van der Waals surface area contributed by atoms with Gasteiger partial charge >= 0.3 is 0 Å². The Morgan fingerprint density at radius 3 is 2.32 bits per heavy atom. The number of aryl methyl sites for hydroxylation is 3. The van der Waals surface area contributed by atoms with E-state index in [1.165, 1.54) is 0 Å². The lowest BCUT2D eigenvalue weighted by Gasteiger charge is -2.16. The van der Waals surface area contributed by atoms with Crippen molar-refractivity contribution in [1.82, 2.24) is 0 Å². The minimum atomic E-state index is -0.593. The van der Waals surface area contributed by atoms with Crippen LogP contribution in [0, 0.1) is 13.8 Å². The van der Waals surface area contributed by atoms with Gasteiger partial charge in [-0.25, -0.2) is 4.90 Å². The Bertz CT molecular complexity index is 1330. The van der Waals surface area contributed by atoms with E-state index in [0.717, 1.165) is 33.7 Å². The summed E-state index contributed by atoms with van der Waals surface area (Å²) in [6, 6.07) is 19.8. The third-order valence-corrected chi connectivity index (χ3v) is 5.88. The zero-order valence-corrected chi connectivity index (χ0v) is 19.9. The molecule has 1 aliphatic heterocycles. The van der Waals surface area contributed by atoms with E-state index in [1.54, 1.807) is 36.4 Å². The quantitative estimate of drug-likeness (QED) is 0.460. The number of hydrogen-bond acceptors (Lipinski definition) is 4. The molecule has 7 heteroatoms. The molecule has 2 N–H and O–H groups in total. The van der Waals surface area contributed by atoms with E-state index in [2.05, 4.69) is 10.6 Å². The molecular formula is C27H24ClN3O3. The van der Waals surface area contributed by atoms with Crippen LogP contribution in [0.4, 0.5) is 17.1 Å². The number of benzene rings is 3. The van der Waals surface area contributed by atoms with Gasteiger partial charge < -0.3 is 10.6 Å². The summed E-state index contributed by atoms with van der Waals surface area (Å²) in [7, 11) is 0. The number of nitrogens with zero attached hydrogens (tertiary/aromatic N) is 1. The molecule has 1 heterocycles. The van der Waals surface area contributed by atoms with E-state index >= 15 is 0 Å². The Balaban J connectivity index is 1.56. The van der Waals surface area contributed by atoms with Crippen molar-refractivity contribution in [3.05, 3.63) is 99.7 Å². The smallest absolute Gasteiger partial charge is 0.283 e. The van der Waals surface area contributed by atoms with E-state index < -0.39 is 11.8 Å². The summed E-state index contributed by atoms with van der Waals surface area (Å²) in [4.78, 5) is 39.8. The molecule has 3 aromatic carbocycles. The van der Waals surface area contributed by atoms with Gasteiger partial charge in [0.1, 0.15) is 10.7 Å². The maximum atomic E-state index is 13.1. The molecule has 1 aliphatic rings. The highest BCUT2D eigenvalue weighted by Gasteiger charge is 2.39. The van der Waals surface area contributed by atoms with Crippen molar-refractivity contribution in [2.75, 3.05) is 15.5 Å². The summed E-state index contributed by atoms with van der Waals surface area (Å²) in [6.07, 6.45) is 0.789. The van der Waals surface area contributed by atoms with Gasteiger partial charge in [0.2, 0.25) is 0 Å². The van der Waals surface area contributed by atoms with Crippen molar-refractivity contribution in [3.8, 4) is 0 Å². The number of rotatable bonds is 6. The van der Waals surface area contributed by atoms with Gasteiger partial charge in [0.25, 0.3) is 17.7 Å². The molecule has 0 bridgehead atoms. The highest BCUT2D eigenvalue weighted by atomic mass is 35.5. The summed E-state index contributed by atoms with van der Waals surface area (Å²) >= 11 is 6.27. The lowest BCUT2D eigenvalue weighted by molar-refractivity contribution is -0.120. The number of carbonyl (C=O) groups is 3. The van der Waals surface area contributed by atoms with Crippen LogP contribution in [0.1, 0.15) is 34.0 Å². The normalized spacial score (nSPS) is 13.5. The number of nitrogens with one attached hydrogen (secondary N) is 2. The van der Waals surface area contributed by atoms with Crippen LogP contribution in [0.5, 0.6) is 0 Å². The molecule has 6 nitrogen and oxygen atoms in total. The zero-order valence-electron chi connectivity index (χ0n) is 19.1. The van der Waals surface area contributed by atoms with Crippen LogP contribution in [-0.4, -0.2) is 17.7 Å². The molecule has 0 aliphatic carbocycles. The van der Waals surface area contributed by atoms with Crippen LogP contribution in [0.15, 0.2) is 77.5 Å². The Labute approximate surface area is 203 Å². The fourth-order valence-corrected chi connectivity index (χ4v) is 4.17. The fraction of sp³-hybridized carbons (Fsp3) is 0.148. The SMILES string of the molecule is CCc1ccccc1NC(=O)c1cccc(NC2=C(Cl)C(=O)N(c3cc(C)cc(C)c3)C2=O)c1. The van der Waals surface area contributed by atoms with Gasteiger partial charge in [0.05, 0.1) is 5.69 Å². The molecule has 4 rings (SSSR count). The van der Waals surface area contributed by atoms with E-state index in [4.69, 9.17) is 11.6 Å². The minimum Gasteiger partial charge on any atom is -0.350 e. The molecule has 0 aromatic heterocycles. The fourth-order valence-electron chi connectivity index (χ4n) is 3.95. The molecule has 3 aromatic rings. The van der Waals surface area contributed by atoms with Crippen molar-refractivity contribution in [2.45, 2.75) is 27.2 Å². The highest BCUT2D eigenvalue weighted by molar-refractivity contribution is 6.53. The van der Waals surface area contributed by atoms with Gasteiger partial charge in [-0.1, -0.05) is 48.9 Å². The molecule has 0 fully saturated rings. The van der Waals surface area contributed by atoms with E-state index in [0.29, 0.717) is 16.9 Å². The Kier molecular flexibility index (Phi) is 6.52. The Morgan fingerprint density at radius 1 is 0.912 bits per heavy atom. The average molecular weight is 474 g/mol. The Morgan fingerprint density at radius 2 is 1.62 bits per heavy atom. The van der Waals surface area contributed by atoms with Crippen LogP contribution >= 0.6 is 11.6 Å². The highest BCUT2D eigenvalue weighted by Crippen LogP contribution is 2.31. The van der Waals surface area contributed by atoms with Gasteiger partial charge in [-0.15, -0.1) is 0 Å².